The van der Waals surface area contributed by atoms with Gasteiger partial charge in [-0.2, -0.15) is 0 Å². The van der Waals surface area contributed by atoms with Crippen LogP contribution < -0.4 is 0 Å². The molecule has 102 valence electrons. The number of hydrogen-bond acceptors (Lipinski definition) is 3. The Morgan fingerprint density at radius 2 is 2.00 bits per heavy atom. The normalized spacial score (nSPS) is 10.9. The van der Waals surface area contributed by atoms with E-state index >= 15 is 0 Å². The number of halogens is 2. The number of allylic oxidation sites excluding steroid dienone is 1. The van der Waals surface area contributed by atoms with Gasteiger partial charge in [0.25, 0.3) is 5.92 Å². The van der Waals surface area contributed by atoms with Gasteiger partial charge >= 0.3 is 5.97 Å². The SMILES string of the molecule is C=CCC(F)(F)CC(=O)c1cccc(C(=O)OC)c1. The minimum atomic E-state index is -3.12. The third kappa shape index (κ3) is 4.28. The van der Waals surface area contributed by atoms with Gasteiger partial charge in [-0.15, -0.1) is 6.58 Å². The Kier molecular flexibility index (Phi) is 4.92. The molecule has 0 saturated carbocycles. The van der Waals surface area contributed by atoms with Crippen molar-refractivity contribution in [1.82, 2.24) is 0 Å². The van der Waals surface area contributed by atoms with E-state index in [2.05, 4.69) is 11.3 Å². The molecule has 1 aromatic carbocycles. The van der Waals surface area contributed by atoms with Crippen LogP contribution in [0.3, 0.4) is 0 Å². The summed E-state index contributed by atoms with van der Waals surface area (Å²) in [5.41, 5.74) is 0.215. The molecule has 0 bridgehead atoms. The second kappa shape index (κ2) is 6.22. The van der Waals surface area contributed by atoms with Gasteiger partial charge in [-0.25, -0.2) is 13.6 Å². The van der Waals surface area contributed by atoms with Gasteiger partial charge in [-0.3, -0.25) is 4.79 Å². The van der Waals surface area contributed by atoms with Crippen molar-refractivity contribution in [3.63, 3.8) is 0 Å². The fourth-order valence-electron chi connectivity index (χ4n) is 1.56. The lowest BCUT2D eigenvalue weighted by molar-refractivity contribution is 0.000362. The maximum Gasteiger partial charge on any atom is 0.337 e. The highest BCUT2D eigenvalue weighted by Crippen LogP contribution is 2.25. The van der Waals surface area contributed by atoms with Gasteiger partial charge < -0.3 is 4.74 Å². The summed E-state index contributed by atoms with van der Waals surface area (Å²) < 4.78 is 31.1. The van der Waals surface area contributed by atoms with Crippen molar-refractivity contribution in [2.24, 2.45) is 0 Å². The van der Waals surface area contributed by atoms with Crippen LogP contribution >= 0.6 is 0 Å². The summed E-state index contributed by atoms with van der Waals surface area (Å²) in [6.45, 7) is 3.22. The minimum absolute atomic E-state index is 0.0617. The van der Waals surface area contributed by atoms with E-state index in [0.29, 0.717) is 0 Å². The Morgan fingerprint density at radius 1 is 1.37 bits per heavy atom. The zero-order chi connectivity index (χ0) is 14.5. The smallest absolute Gasteiger partial charge is 0.337 e. The minimum Gasteiger partial charge on any atom is -0.465 e. The van der Waals surface area contributed by atoms with E-state index in [1.807, 2.05) is 0 Å². The molecule has 5 heteroatoms. The zero-order valence-electron chi connectivity index (χ0n) is 10.5. The predicted molar refractivity (Wildman–Crippen MR) is 66.5 cm³/mol. The lowest BCUT2D eigenvalue weighted by atomic mass is 10.0. The molecular formula is C14H14F2O3. The lowest BCUT2D eigenvalue weighted by Crippen LogP contribution is -2.20. The van der Waals surface area contributed by atoms with Gasteiger partial charge in [0.15, 0.2) is 5.78 Å². The van der Waals surface area contributed by atoms with Gasteiger partial charge in [0.05, 0.1) is 19.1 Å². The molecule has 0 radical (unpaired) electrons. The van der Waals surface area contributed by atoms with Crippen molar-refractivity contribution in [2.75, 3.05) is 7.11 Å². The first-order valence-corrected chi connectivity index (χ1v) is 5.60. The summed E-state index contributed by atoms with van der Waals surface area (Å²) in [4.78, 5) is 23.0. The van der Waals surface area contributed by atoms with E-state index < -0.39 is 30.5 Å². The maximum absolute atomic E-state index is 13.3. The van der Waals surface area contributed by atoms with Crippen molar-refractivity contribution < 1.29 is 23.1 Å². The summed E-state index contributed by atoms with van der Waals surface area (Å²) >= 11 is 0. The first-order valence-electron chi connectivity index (χ1n) is 5.60. The Labute approximate surface area is 109 Å². The second-order valence-corrected chi connectivity index (χ2v) is 4.02. The van der Waals surface area contributed by atoms with Crippen molar-refractivity contribution in [2.45, 2.75) is 18.8 Å². The van der Waals surface area contributed by atoms with Crippen LogP contribution in [0, 0.1) is 0 Å². The number of hydrogen-bond donors (Lipinski definition) is 0. The summed E-state index contributed by atoms with van der Waals surface area (Å²) in [6.07, 6.45) is -0.406. The number of carbonyl (C=O) groups is 2. The number of rotatable bonds is 6. The molecule has 0 fully saturated rings. The highest BCUT2D eigenvalue weighted by molar-refractivity contribution is 5.99. The third-order valence-electron chi connectivity index (χ3n) is 2.47. The summed E-state index contributed by atoms with van der Waals surface area (Å²) in [5, 5.41) is 0. The fourth-order valence-corrected chi connectivity index (χ4v) is 1.56. The van der Waals surface area contributed by atoms with Gasteiger partial charge in [-0.1, -0.05) is 18.2 Å². The van der Waals surface area contributed by atoms with Crippen LogP contribution in [0.5, 0.6) is 0 Å². The van der Waals surface area contributed by atoms with Gasteiger partial charge in [-0.05, 0) is 12.1 Å². The predicted octanol–water partition coefficient (Wildman–Crippen LogP) is 3.26. The van der Waals surface area contributed by atoms with Gasteiger partial charge in [0, 0.05) is 12.0 Å². The molecule has 19 heavy (non-hydrogen) atoms. The molecule has 0 aliphatic carbocycles. The maximum atomic E-state index is 13.3. The van der Waals surface area contributed by atoms with Crippen molar-refractivity contribution in [3.8, 4) is 0 Å². The molecule has 3 nitrogen and oxygen atoms in total. The van der Waals surface area contributed by atoms with E-state index in [9.17, 15) is 18.4 Å². The van der Waals surface area contributed by atoms with Crippen LogP contribution in [0.1, 0.15) is 33.6 Å². The van der Waals surface area contributed by atoms with Gasteiger partial charge in [0.2, 0.25) is 0 Å². The van der Waals surface area contributed by atoms with E-state index in [1.165, 1.54) is 31.4 Å². The van der Waals surface area contributed by atoms with Crippen LogP contribution in [0.4, 0.5) is 8.78 Å². The van der Waals surface area contributed by atoms with Crippen molar-refractivity contribution >= 4 is 11.8 Å². The average Bonchev–Trinajstić information content (AvgIpc) is 2.37. The number of benzene rings is 1. The molecule has 0 amide bonds. The molecule has 0 heterocycles. The van der Waals surface area contributed by atoms with E-state index in [-0.39, 0.29) is 11.1 Å². The molecule has 0 atom stereocenters. The zero-order valence-corrected chi connectivity index (χ0v) is 10.5. The van der Waals surface area contributed by atoms with Crippen molar-refractivity contribution in [1.29, 1.82) is 0 Å². The number of ketones is 1. The number of Topliss-reactive ketones (excluding diaryl/α,β-unsaturated/α-hetero) is 1. The second-order valence-electron chi connectivity index (χ2n) is 4.02. The molecule has 0 aromatic heterocycles. The fraction of sp³-hybridized carbons (Fsp3) is 0.286. The third-order valence-corrected chi connectivity index (χ3v) is 2.47. The molecule has 0 spiro atoms. The van der Waals surface area contributed by atoms with Crippen molar-refractivity contribution in [3.05, 3.63) is 48.0 Å². The number of esters is 1. The highest BCUT2D eigenvalue weighted by Gasteiger charge is 2.31. The highest BCUT2D eigenvalue weighted by atomic mass is 19.3. The number of ether oxygens (including phenoxy) is 1. The number of alkyl halides is 2. The Hall–Kier alpha value is -2.04. The first-order chi connectivity index (χ1) is 8.89. The average molecular weight is 268 g/mol. The summed E-state index contributed by atoms with van der Waals surface area (Å²) in [7, 11) is 1.20. The van der Waals surface area contributed by atoms with Crippen LogP contribution in [-0.4, -0.2) is 24.8 Å². The van der Waals surface area contributed by atoms with Crippen LogP contribution in [0.2, 0.25) is 0 Å². The lowest BCUT2D eigenvalue weighted by Gasteiger charge is -2.13. The van der Waals surface area contributed by atoms with Crippen LogP contribution in [0.25, 0.3) is 0 Å². The largest absolute Gasteiger partial charge is 0.465 e. The molecule has 1 rings (SSSR count). The Morgan fingerprint density at radius 3 is 2.58 bits per heavy atom. The topological polar surface area (TPSA) is 43.4 Å². The Balaban J connectivity index is 2.88. The number of carbonyl (C=O) groups excluding carboxylic acids is 2. The molecule has 0 N–H and O–H groups in total. The van der Waals surface area contributed by atoms with E-state index in [1.54, 1.807) is 0 Å². The van der Waals surface area contributed by atoms with E-state index in [0.717, 1.165) is 6.08 Å². The molecule has 1 aromatic rings. The molecule has 0 aliphatic heterocycles. The summed E-state index contributed by atoms with van der Waals surface area (Å²) in [5.74, 6) is -4.47. The standard InChI is InChI=1S/C14H14F2O3/c1-3-7-14(15,16)9-12(17)10-5-4-6-11(8-10)13(18)19-2/h3-6,8H,1,7,9H2,2H3. The molecular weight excluding hydrogens is 254 g/mol. The Bertz CT molecular complexity index is 495. The van der Waals surface area contributed by atoms with Crippen LogP contribution in [-0.2, 0) is 4.74 Å². The first kappa shape index (κ1) is 15.0. The quantitative estimate of drug-likeness (QED) is 0.452. The molecule has 0 unspecified atom stereocenters. The molecule has 0 saturated heterocycles. The molecule has 0 aliphatic rings. The number of methoxy groups -OCH3 is 1. The van der Waals surface area contributed by atoms with Gasteiger partial charge in [0.1, 0.15) is 0 Å². The summed E-state index contributed by atoms with van der Waals surface area (Å²) in [6, 6.07) is 5.53. The van der Waals surface area contributed by atoms with Crippen LogP contribution in [0.15, 0.2) is 36.9 Å². The monoisotopic (exact) mass is 268 g/mol. The van der Waals surface area contributed by atoms with E-state index in [4.69, 9.17) is 0 Å².